The summed E-state index contributed by atoms with van der Waals surface area (Å²) in [5, 5.41) is 11.0. The van der Waals surface area contributed by atoms with Crippen LogP contribution in [0, 0.1) is 12.7 Å². The molecule has 0 saturated carbocycles. The van der Waals surface area contributed by atoms with Crippen LogP contribution in [0.2, 0.25) is 0 Å². The van der Waals surface area contributed by atoms with Crippen LogP contribution in [0.4, 0.5) is 4.39 Å². The van der Waals surface area contributed by atoms with E-state index >= 15 is 0 Å². The highest BCUT2D eigenvalue weighted by molar-refractivity contribution is 7.98. The molecule has 0 unspecified atom stereocenters. The van der Waals surface area contributed by atoms with Crippen LogP contribution in [-0.4, -0.2) is 32.5 Å². The van der Waals surface area contributed by atoms with Gasteiger partial charge in [0.1, 0.15) is 5.82 Å². The van der Waals surface area contributed by atoms with E-state index in [9.17, 15) is 4.39 Å². The fourth-order valence-corrected chi connectivity index (χ4v) is 5.75. The van der Waals surface area contributed by atoms with Crippen molar-refractivity contribution in [1.82, 2.24) is 19.7 Å². The number of aryl methyl sites for hydroxylation is 1. The van der Waals surface area contributed by atoms with Crippen LogP contribution >= 0.6 is 11.8 Å². The Hall–Kier alpha value is -3.55. The van der Waals surface area contributed by atoms with Crippen LogP contribution in [0.3, 0.4) is 0 Å². The van der Waals surface area contributed by atoms with E-state index in [0.717, 1.165) is 58.2 Å². The second kappa shape index (κ2) is 10.4. The minimum atomic E-state index is -0.159. The normalized spacial score (nSPS) is 15.5. The molecule has 5 aromatic rings. The van der Waals surface area contributed by atoms with E-state index in [-0.39, 0.29) is 11.9 Å². The standard InChI is InChI=1S/C30H27FN4OS/c1-20-9-7-12-22(28(20)31)19-37-30-34-33-29(35(30)18-23-13-8-16-36-23)25-17-27(21-10-3-2-4-11-21)32-26-15-6-5-14-24(25)26/h2-7,9-12,14-15,17,23H,8,13,16,18-19H2,1H3/t23-/m0/s1. The Balaban J connectivity index is 1.45. The molecule has 1 aliphatic rings. The predicted molar refractivity (Wildman–Crippen MR) is 146 cm³/mol. The molecular formula is C30H27FN4OS. The van der Waals surface area contributed by atoms with Crippen LogP contribution in [0.15, 0.2) is 84.0 Å². The molecule has 1 saturated heterocycles. The van der Waals surface area contributed by atoms with Gasteiger partial charge in [-0.2, -0.15) is 0 Å². The van der Waals surface area contributed by atoms with Crippen LogP contribution < -0.4 is 0 Å². The van der Waals surface area contributed by atoms with Crippen molar-refractivity contribution in [2.24, 2.45) is 0 Å². The number of ether oxygens (including phenoxy) is 1. The summed E-state index contributed by atoms with van der Waals surface area (Å²) in [5.74, 6) is 1.09. The minimum absolute atomic E-state index is 0.103. The van der Waals surface area contributed by atoms with Crippen molar-refractivity contribution in [2.45, 2.75) is 43.3 Å². The highest BCUT2D eigenvalue weighted by Gasteiger charge is 2.24. The Morgan fingerprint density at radius 1 is 1.00 bits per heavy atom. The lowest BCUT2D eigenvalue weighted by Gasteiger charge is -2.16. The Bertz CT molecular complexity index is 1550. The number of para-hydroxylation sites is 1. The van der Waals surface area contributed by atoms with Gasteiger partial charge in [0.2, 0.25) is 0 Å². The molecule has 1 atom stereocenters. The van der Waals surface area contributed by atoms with Gasteiger partial charge in [-0.25, -0.2) is 9.37 Å². The third-order valence-corrected chi connectivity index (χ3v) is 7.80. The molecule has 0 bridgehead atoms. The van der Waals surface area contributed by atoms with Crippen LogP contribution in [-0.2, 0) is 17.0 Å². The molecule has 7 heteroatoms. The van der Waals surface area contributed by atoms with Crippen LogP contribution in [0.25, 0.3) is 33.5 Å². The van der Waals surface area contributed by atoms with Crippen LogP contribution in [0.1, 0.15) is 24.0 Å². The molecule has 6 rings (SSSR count). The zero-order valence-electron chi connectivity index (χ0n) is 20.6. The molecule has 3 heterocycles. The maximum atomic E-state index is 14.7. The Morgan fingerprint density at radius 3 is 2.68 bits per heavy atom. The van der Waals surface area contributed by atoms with Gasteiger partial charge in [0.25, 0.3) is 0 Å². The molecule has 0 amide bonds. The number of hydrogen-bond donors (Lipinski definition) is 0. The first kappa shape index (κ1) is 23.8. The average molecular weight is 511 g/mol. The zero-order chi connectivity index (χ0) is 25.2. The summed E-state index contributed by atoms with van der Waals surface area (Å²) in [7, 11) is 0. The molecule has 5 nitrogen and oxygen atoms in total. The molecule has 1 aliphatic heterocycles. The molecule has 0 radical (unpaired) electrons. The Labute approximate surface area is 219 Å². The number of fused-ring (bicyclic) bond motifs is 1. The molecule has 0 aliphatic carbocycles. The molecule has 0 spiro atoms. The lowest BCUT2D eigenvalue weighted by molar-refractivity contribution is 0.0953. The molecule has 0 N–H and O–H groups in total. The summed E-state index contributed by atoms with van der Waals surface area (Å²) in [4.78, 5) is 4.94. The van der Waals surface area contributed by atoms with Gasteiger partial charge in [0, 0.05) is 28.9 Å². The lowest BCUT2D eigenvalue weighted by Crippen LogP contribution is -2.17. The minimum Gasteiger partial charge on any atom is -0.376 e. The molecule has 3 aromatic carbocycles. The number of pyridine rings is 1. The van der Waals surface area contributed by atoms with Gasteiger partial charge in [0.05, 0.1) is 23.9 Å². The molecule has 2 aromatic heterocycles. The van der Waals surface area contributed by atoms with Crippen molar-refractivity contribution < 1.29 is 9.13 Å². The van der Waals surface area contributed by atoms with Gasteiger partial charge < -0.3 is 4.74 Å². The fraction of sp³-hybridized carbons (Fsp3) is 0.233. The molecule has 37 heavy (non-hydrogen) atoms. The third kappa shape index (κ3) is 4.89. The highest BCUT2D eigenvalue weighted by atomic mass is 32.2. The van der Waals surface area contributed by atoms with E-state index in [1.165, 1.54) is 11.8 Å². The summed E-state index contributed by atoms with van der Waals surface area (Å²) >= 11 is 1.51. The monoisotopic (exact) mass is 510 g/mol. The fourth-order valence-electron chi connectivity index (χ4n) is 4.83. The van der Waals surface area contributed by atoms with Crippen LogP contribution in [0.5, 0.6) is 0 Å². The summed E-state index contributed by atoms with van der Waals surface area (Å²) in [6, 6.07) is 25.9. The number of rotatable bonds is 7. The lowest BCUT2D eigenvalue weighted by atomic mass is 10.0. The first-order valence-electron chi connectivity index (χ1n) is 12.5. The summed E-state index contributed by atoms with van der Waals surface area (Å²) in [6.45, 7) is 3.22. The third-order valence-electron chi connectivity index (χ3n) is 6.78. The van der Waals surface area contributed by atoms with Gasteiger partial charge in [-0.3, -0.25) is 4.57 Å². The van der Waals surface area contributed by atoms with E-state index in [1.54, 1.807) is 13.0 Å². The quantitative estimate of drug-likeness (QED) is 0.219. The summed E-state index contributed by atoms with van der Waals surface area (Å²) in [6.07, 6.45) is 2.15. The van der Waals surface area contributed by atoms with E-state index in [1.807, 2.05) is 48.5 Å². The van der Waals surface area contributed by atoms with Crippen molar-refractivity contribution in [3.8, 4) is 22.6 Å². The maximum absolute atomic E-state index is 14.7. The van der Waals surface area contributed by atoms with Crippen molar-refractivity contribution in [3.63, 3.8) is 0 Å². The summed E-state index contributed by atoms with van der Waals surface area (Å²) in [5.41, 5.74) is 5.13. The number of thioether (sulfide) groups is 1. The molecule has 186 valence electrons. The van der Waals surface area contributed by atoms with Crippen molar-refractivity contribution >= 4 is 22.7 Å². The maximum Gasteiger partial charge on any atom is 0.191 e. The molecule has 1 fully saturated rings. The molecular weight excluding hydrogens is 483 g/mol. The largest absolute Gasteiger partial charge is 0.376 e. The second-order valence-corrected chi connectivity index (χ2v) is 10.3. The van der Waals surface area contributed by atoms with Gasteiger partial charge >= 0.3 is 0 Å². The average Bonchev–Trinajstić information content (AvgIpc) is 3.60. The van der Waals surface area contributed by atoms with Crippen molar-refractivity contribution in [3.05, 3.63) is 95.8 Å². The van der Waals surface area contributed by atoms with Crippen molar-refractivity contribution in [2.75, 3.05) is 6.61 Å². The van der Waals surface area contributed by atoms with Gasteiger partial charge in [0.15, 0.2) is 11.0 Å². The predicted octanol–water partition coefficient (Wildman–Crippen LogP) is 7.08. The number of aromatic nitrogens is 4. The van der Waals surface area contributed by atoms with E-state index in [4.69, 9.17) is 9.72 Å². The number of benzene rings is 3. The van der Waals surface area contributed by atoms with Gasteiger partial charge in [-0.1, -0.05) is 78.5 Å². The SMILES string of the molecule is Cc1cccc(CSc2nnc(-c3cc(-c4ccccc4)nc4ccccc34)n2C[C@@H]2CCCO2)c1F. The Morgan fingerprint density at radius 2 is 1.84 bits per heavy atom. The van der Waals surface area contributed by atoms with E-state index in [0.29, 0.717) is 23.4 Å². The van der Waals surface area contributed by atoms with E-state index in [2.05, 4.69) is 39.0 Å². The smallest absolute Gasteiger partial charge is 0.191 e. The number of nitrogens with zero attached hydrogens (tertiary/aromatic N) is 4. The first-order chi connectivity index (χ1) is 18.2. The first-order valence-corrected chi connectivity index (χ1v) is 13.5. The Kier molecular flexibility index (Phi) is 6.72. The van der Waals surface area contributed by atoms with Crippen molar-refractivity contribution in [1.29, 1.82) is 0 Å². The highest BCUT2D eigenvalue weighted by Crippen LogP contribution is 2.34. The zero-order valence-corrected chi connectivity index (χ0v) is 21.4. The topological polar surface area (TPSA) is 52.8 Å². The van der Waals surface area contributed by atoms with Gasteiger partial charge in [-0.15, -0.1) is 10.2 Å². The van der Waals surface area contributed by atoms with Gasteiger partial charge in [-0.05, 0) is 43.0 Å². The number of hydrogen-bond acceptors (Lipinski definition) is 5. The number of halogens is 1. The second-order valence-electron chi connectivity index (χ2n) is 9.33. The van der Waals surface area contributed by atoms with E-state index < -0.39 is 0 Å². The summed E-state index contributed by atoms with van der Waals surface area (Å²) < 4.78 is 22.8.